The molecule has 2 rings (SSSR count). The third-order valence-corrected chi connectivity index (χ3v) is 4.38. The summed E-state index contributed by atoms with van der Waals surface area (Å²) in [6, 6.07) is 7.81. The van der Waals surface area contributed by atoms with Crippen LogP contribution in [-0.2, 0) is 9.47 Å². The molecule has 0 heterocycles. The van der Waals surface area contributed by atoms with E-state index >= 15 is 0 Å². The number of hydrogen-bond acceptors (Lipinski definition) is 5. The summed E-state index contributed by atoms with van der Waals surface area (Å²) in [5.74, 6) is 1.29. The monoisotopic (exact) mass is 353 g/mol. The van der Waals surface area contributed by atoms with Gasteiger partial charge in [-0.1, -0.05) is 13.8 Å². The number of thioether (sulfide) groups is 1. The van der Waals surface area contributed by atoms with Crippen LogP contribution in [0, 0.1) is 0 Å². The number of benzene rings is 1. The van der Waals surface area contributed by atoms with Gasteiger partial charge in [-0.15, -0.1) is 11.8 Å². The second-order valence-electron chi connectivity index (χ2n) is 5.76. The molecule has 0 bridgehead atoms. The number of amides is 1. The molecule has 1 N–H and O–H groups in total. The van der Waals surface area contributed by atoms with Gasteiger partial charge in [0.25, 0.3) is 0 Å². The first-order chi connectivity index (χ1) is 11.7. The molecule has 1 fully saturated rings. The molecule has 0 aromatic heterocycles. The Bertz CT molecular complexity index is 482. The molecule has 1 aliphatic rings. The molecule has 1 aliphatic carbocycles. The minimum absolute atomic E-state index is 0.185. The Kier molecular flexibility index (Phi) is 8.42. The number of rotatable bonds is 11. The van der Waals surface area contributed by atoms with Gasteiger partial charge in [-0.3, -0.25) is 0 Å². The van der Waals surface area contributed by atoms with E-state index in [-0.39, 0.29) is 12.4 Å². The lowest BCUT2D eigenvalue weighted by molar-refractivity contribution is -0.126. The Labute approximate surface area is 148 Å². The smallest absolute Gasteiger partial charge is 0.410 e. The van der Waals surface area contributed by atoms with E-state index in [9.17, 15) is 4.79 Å². The minimum atomic E-state index is -0.376. The maximum absolute atomic E-state index is 11.6. The first-order valence-electron chi connectivity index (χ1n) is 8.65. The van der Waals surface area contributed by atoms with Crippen molar-refractivity contribution in [1.29, 1.82) is 0 Å². The summed E-state index contributed by atoms with van der Waals surface area (Å²) in [5, 5.41) is 2.80. The van der Waals surface area contributed by atoms with Crippen molar-refractivity contribution in [2.24, 2.45) is 0 Å². The largest absolute Gasteiger partial charge is 0.412 e. The molecule has 0 unspecified atom stereocenters. The van der Waals surface area contributed by atoms with Crippen LogP contribution in [0.2, 0.25) is 0 Å². The maximum atomic E-state index is 11.6. The first kappa shape index (κ1) is 19.1. The SMILES string of the molecule is CCCOC(CSc1ccc(OC(=O)NC2CC2)cc1)OCCC. The molecule has 5 nitrogen and oxygen atoms in total. The predicted octanol–water partition coefficient (Wildman–Crippen LogP) is 4.21. The zero-order valence-corrected chi connectivity index (χ0v) is 15.3. The van der Waals surface area contributed by atoms with Crippen molar-refractivity contribution in [3.63, 3.8) is 0 Å². The number of nitrogens with one attached hydrogen (secondary N) is 1. The molecule has 24 heavy (non-hydrogen) atoms. The summed E-state index contributed by atoms with van der Waals surface area (Å²) in [6.45, 7) is 5.58. The van der Waals surface area contributed by atoms with Gasteiger partial charge in [-0.25, -0.2) is 4.79 Å². The average molecular weight is 353 g/mol. The molecule has 1 saturated carbocycles. The molecular formula is C18H27NO4S. The van der Waals surface area contributed by atoms with Gasteiger partial charge in [-0.05, 0) is 49.9 Å². The van der Waals surface area contributed by atoms with Crippen LogP contribution in [-0.4, -0.2) is 37.4 Å². The van der Waals surface area contributed by atoms with Crippen LogP contribution in [0.3, 0.4) is 0 Å². The summed E-state index contributed by atoms with van der Waals surface area (Å²) in [4.78, 5) is 12.7. The standard InChI is InChI=1S/C18H27NO4S/c1-3-11-21-17(22-12-4-2)13-24-16-9-7-15(8-10-16)23-18(20)19-14-5-6-14/h7-10,14,17H,3-6,11-13H2,1-2H3,(H,19,20). The van der Waals surface area contributed by atoms with Gasteiger partial charge in [0.2, 0.25) is 0 Å². The second kappa shape index (κ2) is 10.6. The molecule has 6 heteroatoms. The van der Waals surface area contributed by atoms with Crippen LogP contribution in [0.1, 0.15) is 39.5 Å². The van der Waals surface area contributed by atoms with Gasteiger partial charge < -0.3 is 19.5 Å². The van der Waals surface area contributed by atoms with E-state index in [0.717, 1.165) is 36.3 Å². The predicted molar refractivity (Wildman–Crippen MR) is 95.6 cm³/mol. The fourth-order valence-corrected chi connectivity index (χ4v) is 2.79. The molecule has 0 atom stereocenters. The van der Waals surface area contributed by atoms with E-state index in [2.05, 4.69) is 19.2 Å². The van der Waals surface area contributed by atoms with Crippen LogP contribution in [0.25, 0.3) is 0 Å². The third kappa shape index (κ3) is 7.55. The third-order valence-electron chi connectivity index (χ3n) is 3.34. The Balaban J connectivity index is 1.75. The van der Waals surface area contributed by atoms with Gasteiger partial charge in [0.15, 0.2) is 6.29 Å². The van der Waals surface area contributed by atoms with Crippen LogP contribution >= 0.6 is 11.8 Å². The van der Waals surface area contributed by atoms with Crippen molar-refractivity contribution in [1.82, 2.24) is 5.32 Å². The first-order valence-corrected chi connectivity index (χ1v) is 9.64. The molecule has 1 aromatic rings. The van der Waals surface area contributed by atoms with E-state index in [4.69, 9.17) is 14.2 Å². The van der Waals surface area contributed by atoms with E-state index < -0.39 is 0 Å². The minimum Gasteiger partial charge on any atom is -0.410 e. The summed E-state index contributed by atoms with van der Waals surface area (Å²) in [5.41, 5.74) is 0. The lowest BCUT2D eigenvalue weighted by atomic mass is 10.3. The maximum Gasteiger partial charge on any atom is 0.412 e. The van der Waals surface area contributed by atoms with Gasteiger partial charge in [0.05, 0.1) is 0 Å². The van der Waals surface area contributed by atoms with Crippen molar-refractivity contribution < 1.29 is 19.0 Å². The van der Waals surface area contributed by atoms with Crippen LogP contribution < -0.4 is 10.1 Å². The highest BCUT2D eigenvalue weighted by molar-refractivity contribution is 7.99. The fourth-order valence-electron chi connectivity index (χ4n) is 1.94. The van der Waals surface area contributed by atoms with Crippen LogP contribution in [0.15, 0.2) is 29.2 Å². The summed E-state index contributed by atoms with van der Waals surface area (Å²) >= 11 is 1.67. The Morgan fingerprint density at radius 1 is 1.17 bits per heavy atom. The summed E-state index contributed by atoms with van der Waals surface area (Å²) < 4.78 is 16.7. The highest BCUT2D eigenvalue weighted by Gasteiger charge is 2.24. The molecule has 1 aromatic carbocycles. The van der Waals surface area contributed by atoms with E-state index in [1.807, 2.05) is 24.3 Å². The second-order valence-corrected chi connectivity index (χ2v) is 6.86. The van der Waals surface area contributed by atoms with Crippen molar-refractivity contribution in [3.05, 3.63) is 24.3 Å². The summed E-state index contributed by atoms with van der Waals surface area (Å²) in [6.07, 6.45) is 3.49. The van der Waals surface area contributed by atoms with Crippen molar-refractivity contribution in [2.75, 3.05) is 19.0 Å². The number of carbonyl (C=O) groups excluding carboxylic acids is 1. The Morgan fingerprint density at radius 3 is 2.33 bits per heavy atom. The summed E-state index contributed by atoms with van der Waals surface area (Å²) in [7, 11) is 0. The van der Waals surface area contributed by atoms with E-state index in [0.29, 0.717) is 25.0 Å². The zero-order valence-electron chi connectivity index (χ0n) is 14.5. The lowest BCUT2D eigenvalue weighted by Gasteiger charge is -2.17. The lowest BCUT2D eigenvalue weighted by Crippen LogP contribution is -2.28. The van der Waals surface area contributed by atoms with E-state index in [1.165, 1.54) is 0 Å². The van der Waals surface area contributed by atoms with E-state index in [1.54, 1.807) is 11.8 Å². The molecule has 0 spiro atoms. The van der Waals surface area contributed by atoms with Crippen LogP contribution in [0.5, 0.6) is 5.75 Å². The number of ether oxygens (including phenoxy) is 3. The normalized spacial score (nSPS) is 14.0. The van der Waals surface area contributed by atoms with Crippen molar-refractivity contribution >= 4 is 17.9 Å². The Hall–Kier alpha value is -1.24. The zero-order chi connectivity index (χ0) is 17.2. The molecule has 0 aliphatic heterocycles. The Morgan fingerprint density at radius 2 is 1.79 bits per heavy atom. The highest BCUT2D eigenvalue weighted by Crippen LogP contribution is 2.24. The van der Waals surface area contributed by atoms with Gasteiger partial charge >= 0.3 is 6.09 Å². The highest BCUT2D eigenvalue weighted by atomic mass is 32.2. The number of hydrogen-bond donors (Lipinski definition) is 1. The quantitative estimate of drug-likeness (QED) is 0.477. The van der Waals surface area contributed by atoms with Gasteiger partial charge in [0, 0.05) is 29.9 Å². The molecule has 0 radical (unpaired) electrons. The molecule has 134 valence electrons. The van der Waals surface area contributed by atoms with Crippen molar-refractivity contribution in [2.45, 2.75) is 56.8 Å². The molecular weight excluding hydrogens is 326 g/mol. The number of carbonyl (C=O) groups is 1. The van der Waals surface area contributed by atoms with Crippen molar-refractivity contribution in [3.8, 4) is 5.75 Å². The topological polar surface area (TPSA) is 56.8 Å². The fraction of sp³-hybridized carbons (Fsp3) is 0.611. The van der Waals surface area contributed by atoms with Gasteiger partial charge in [-0.2, -0.15) is 0 Å². The molecule has 1 amide bonds. The molecule has 0 saturated heterocycles. The van der Waals surface area contributed by atoms with Crippen LogP contribution in [0.4, 0.5) is 4.79 Å². The average Bonchev–Trinajstić information content (AvgIpc) is 3.39. The van der Waals surface area contributed by atoms with Gasteiger partial charge in [0.1, 0.15) is 5.75 Å².